The van der Waals surface area contributed by atoms with Gasteiger partial charge in [-0.2, -0.15) is 0 Å². The van der Waals surface area contributed by atoms with Gasteiger partial charge in [0, 0.05) is 0 Å². The Kier molecular flexibility index (Phi) is 6.29. The van der Waals surface area contributed by atoms with Crippen LogP contribution in [-0.2, 0) is 14.3 Å². The van der Waals surface area contributed by atoms with Crippen molar-refractivity contribution in [1.29, 1.82) is 0 Å². The predicted octanol–water partition coefficient (Wildman–Crippen LogP) is 2.08. The van der Waals surface area contributed by atoms with E-state index in [4.69, 9.17) is 4.74 Å². The van der Waals surface area contributed by atoms with E-state index in [1.54, 1.807) is 12.1 Å². The molecule has 1 aromatic rings. The Bertz CT molecular complexity index is 548. The Morgan fingerprint density at radius 2 is 1.52 bits per heavy atom. The molecule has 0 aromatic heterocycles. The maximum atomic E-state index is 12.1. The van der Waals surface area contributed by atoms with Crippen molar-refractivity contribution in [2.45, 2.75) is 52.2 Å². The first-order valence-electron chi connectivity index (χ1n) is 7.59. The lowest BCUT2D eigenvalue weighted by Crippen LogP contribution is -2.50. The maximum Gasteiger partial charge on any atom is 0.384 e. The van der Waals surface area contributed by atoms with Crippen molar-refractivity contribution in [1.82, 2.24) is 0 Å². The highest BCUT2D eigenvalue weighted by atomic mass is 16.6. The molecule has 1 rings (SSSR count). The Morgan fingerprint density at radius 3 is 1.91 bits per heavy atom. The van der Waals surface area contributed by atoms with Crippen molar-refractivity contribution in [3.8, 4) is 5.75 Å². The Morgan fingerprint density at radius 1 is 1.04 bits per heavy atom. The van der Waals surface area contributed by atoms with Crippen molar-refractivity contribution in [3.63, 3.8) is 0 Å². The number of hydrogen-bond donors (Lipinski definition) is 2. The van der Waals surface area contributed by atoms with E-state index in [1.807, 2.05) is 33.8 Å². The van der Waals surface area contributed by atoms with Crippen LogP contribution in [0.15, 0.2) is 18.2 Å². The number of para-hydroxylation sites is 1. The molecule has 0 aliphatic carbocycles. The van der Waals surface area contributed by atoms with E-state index in [1.165, 1.54) is 6.92 Å². The maximum absolute atomic E-state index is 12.1. The van der Waals surface area contributed by atoms with Crippen molar-refractivity contribution >= 4 is 11.9 Å². The van der Waals surface area contributed by atoms with Crippen molar-refractivity contribution in [2.75, 3.05) is 6.61 Å². The molecule has 0 fully saturated rings. The van der Waals surface area contributed by atoms with Crippen LogP contribution in [0.25, 0.3) is 0 Å². The fraction of sp³-hybridized carbons (Fsp3) is 0.529. The van der Waals surface area contributed by atoms with Crippen LogP contribution in [0.5, 0.6) is 5.75 Å². The highest BCUT2D eigenvalue weighted by molar-refractivity contribution is 6.02. The largest absolute Gasteiger partial charge is 0.462 e. The summed E-state index contributed by atoms with van der Waals surface area (Å²) in [6, 6.07) is 5.43. The average molecular weight is 324 g/mol. The molecule has 0 radical (unpaired) electrons. The third-order valence-corrected chi connectivity index (χ3v) is 3.36. The predicted molar refractivity (Wildman–Crippen MR) is 84.1 cm³/mol. The van der Waals surface area contributed by atoms with Crippen LogP contribution in [0.2, 0.25) is 0 Å². The van der Waals surface area contributed by atoms with Crippen LogP contribution in [0, 0.1) is 0 Å². The van der Waals surface area contributed by atoms with E-state index in [0.717, 1.165) is 11.1 Å². The lowest BCUT2D eigenvalue weighted by Gasteiger charge is -2.22. The molecule has 2 N–H and O–H groups in total. The molecule has 6 nitrogen and oxygen atoms in total. The van der Waals surface area contributed by atoms with Gasteiger partial charge in [-0.05, 0) is 29.9 Å². The number of benzene rings is 1. The number of carbonyl (C=O) groups is 2. The number of esters is 2. The summed E-state index contributed by atoms with van der Waals surface area (Å²) in [6.45, 7) is 9.10. The van der Waals surface area contributed by atoms with E-state index in [2.05, 4.69) is 4.74 Å². The van der Waals surface area contributed by atoms with E-state index < -0.39 is 17.7 Å². The first-order valence-corrected chi connectivity index (χ1v) is 7.59. The molecule has 0 unspecified atom stereocenters. The topological polar surface area (TPSA) is 93.1 Å². The zero-order chi connectivity index (χ0) is 17.8. The summed E-state index contributed by atoms with van der Waals surface area (Å²) in [5.41, 5.74) is 1.48. The van der Waals surface area contributed by atoms with Gasteiger partial charge in [-0.25, -0.2) is 9.59 Å². The lowest BCUT2D eigenvalue weighted by molar-refractivity contribution is -0.218. The molecule has 0 aliphatic heterocycles. The van der Waals surface area contributed by atoms with Crippen molar-refractivity contribution < 1.29 is 29.3 Å². The lowest BCUT2D eigenvalue weighted by atomic mass is 9.94. The van der Waals surface area contributed by atoms with E-state index in [0.29, 0.717) is 0 Å². The van der Waals surface area contributed by atoms with Crippen molar-refractivity contribution in [3.05, 3.63) is 29.3 Å². The van der Waals surface area contributed by atoms with Gasteiger partial charge in [0.15, 0.2) is 0 Å². The van der Waals surface area contributed by atoms with Gasteiger partial charge in [-0.3, -0.25) is 0 Å². The van der Waals surface area contributed by atoms with Gasteiger partial charge in [0.25, 0.3) is 0 Å². The van der Waals surface area contributed by atoms with Crippen molar-refractivity contribution in [2.24, 2.45) is 0 Å². The molecular formula is C17H24O6. The Labute approximate surface area is 136 Å². The minimum absolute atomic E-state index is 0.0471. The Hall–Kier alpha value is -1.92. The third-order valence-electron chi connectivity index (χ3n) is 3.36. The molecule has 1 aromatic carbocycles. The van der Waals surface area contributed by atoms with Crippen LogP contribution in [-0.4, -0.2) is 34.5 Å². The molecule has 6 heteroatoms. The SMILES string of the molecule is CCOC(=O)C(O)(O)C(=O)Oc1c(C(C)C)cccc1C(C)C. The van der Waals surface area contributed by atoms with E-state index in [-0.39, 0.29) is 24.2 Å². The number of hydrogen-bond acceptors (Lipinski definition) is 6. The standard InChI is InChI=1S/C17H24O6/c1-6-22-15(18)17(20,21)16(19)23-14-12(10(2)3)8-7-9-13(14)11(4)5/h7-11,20-21H,6H2,1-5H3. The van der Waals surface area contributed by atoms with E-state index in [9.17, 15) is 19.8 Å². The van der Waals surface area contributed by atoms with Crippen LogP contribution < -0.4 is 4.74 Å². The van der Waals surface area contributed by atoms with Crippen LogP contribution in [0.1, 0.15) is 57.6 Å². The first kappa shape index (κ1) is 19.1. The summed E-state index contributed by atoms with van der Waals surface area (Å²) in [7, 11) is 0. The smallest absolute Gasteiger partial charge is 0.384 e. The zero-order valence-electron chi connectivity index (χ0n) is 14.1. The Balaban J connectivity index is 3.22. The number of aliphatic hydroxyl groups is 2. The minimum atomic E-state index is -3.34. The molecule has 0 heterocycles. The van der Waals surface area contributed by atoms with Gasteiger partial charge >= 0.3 is 17.7 Å². The second kappa shape index (κ2) is 7.57. The summed E-state index contributed by atoms with van der Waals surface area (Å²) in [5, 5.41) is 19.4. The minimum Gasteiger partial charge on any atom is -0.462 e. The summed E-state index contributed by atoms with van der Waals surface area (Å²) >= 11 is 0. The summed E-state index contributed by atoms with van der Waals surface area (Å²) in [4.78, 5) is 23.6. The molecule has 0 atom stereocenters. The zero-order valence-corrected chi connectivity index (χ0v) is 14.1. The van der Waals surface area contributed by atoms with Gasteiger partial charge in [-0.15, -0.1) is 0 Å². The van der Waals surface area contributed by atoms with Gasteiger partial charge in [0.2, 0.25) is 0 Å². The molecule has 128 valence electrons. The molecule has 0 bridgehead atoms. The van der Waals surface area contributed by atoms with E-state index >= 15 is 0 Å². The molecule has 0 amide bonds. The van der Waals surface area contributed by atoms with Gasteiger partial charge in [0.05, 0.1) is 6.61 Å². The molecule has 0 aliphatic rings. The van der Waals surface area contributed by atoms with Gasteiger partial charge in [-0.1, -0.05) is 45.9 Å². The van der Waals surface area contributed by atoms with Crippen LogP contribution >= 0.6 is 0 Å². The first-order chi connectivity index (χ1) is 10.6. The van der Waals surface area contributed by atoms with Crippen LogP contribution in [0.4, 0.5) is 0 Å². The second-order valence-corrected chi connectivity index (χ2v) is 5.86. The van der Waals surface area contributed by atoms with Crippen LogP contribution in [0.3, 0.4) is 0 Å². The highest BCUT2D eigenvalue weighted by Crippen LogP contribution is 2.35. The fourth-order valence-corrected chi connectivity index (χ4v) is 2.08. The number of carbonyl (C=O) groups excluding carboxylic acids is 2. The summed E-state index contributed by atoms with van der Waals surface area (Å²) < 4.78 is 9.67. The molecule has 0 spiro atoms. The molecule has 0 saturated heterocycles. The summed E-state index contributed by atoms with van der Waals surface area (Å²) in [5.74, 6) is -5.94. The monoisotopic (exact) mass is 324 g/mol. The normalized spacial score (nSPS) is 11.7. The molecule has 23 heavy (non-hydrogen) atoms. The molecular weight excluding hydrogens is 300 g/mol. The molecule has 0 saturated carbocycles. The number of rotatable bonds is 6. The van der Waals surface area contributed by atoms with Gasteiger partial charge < -0.3 is 19.7 Å². The average Bonchev–Trinajstić information content (AvgIpc) is 2.46. The highest BCUT2D eigenvalue weighted by Gasteiger charge is 2.46. The third kappa shape index (κ3) is 4.30. The quantitative estimate of drug-likeness (QED) is 0.360. The summed E-state index contributed by atoms with van der Waals surface area (Å²) in [6.07, 6.45) is 0. The fourth-order valence-electron chi connectivity index (χ4n) is 2.08. The number of ether oxygens (including phenoxy) is 2. The second-order valence-electron chi connectivity index (χ2n) is 5.86. The van der Waals surface area contributed by atoms with Gasteiger partial charge in [0.1, 0.15) is 5.75 Å².